The molecule has 0 saturated carbocycles. The third-order valence-corrected chi connectivity index (χ3v) is 12.0. The zero-order valence-corrected chi connectivity index (χ0v) is 29.2. The number of rotatable bonds is 8. The van der Waals surface area contributed by atoms with Gasteiger partial charge in [-0.2, -0.15) is 5.10 Å². The van der Waals surface area contributed by atoms with Gasteiger partial charge in [-0.3, -0.25) is 4.68 Å². The van der Waals surface area contributed by atoms with Crippen LogP contribution < -0.4 is 0 Å². The monoisotopic (exact) mass is 704 g/mol. The Hall–Kier alpha value is -5.61. The van der Waals surface area contributed by atoms with Crippen LogP contribution in [0.3, 0.4) is 0 Å². The summed E-state index contributed by atoms with van der Waals surface area (Å²) in [6.07, 6.45) is 11.6. The summed E-state index contributed by atoms with van der Waals surface area (Å²) in [5.41, 5.74) is 6.20. The van der Waals surface area contributed by atoms with E-state index >= 15 is 0 Å². The standard InChI is InChI=1S/C43H36N4O4S/c48-52(49,38-19-11-4-12-20-38)46-31-40(39-27-33(28-44-41(39)46)32-21-23-42(24-22-32)50-25-26-51-42)34-29-45-47(30-34)43(35-13-5-1-6-14-35,36-15-7-2-8-16-36)37-17-9-3-10-18-37/h1-21,27-31H,22-26H2. The van der Waals surface area contributed by atoms with E-state index in [1.807, 2.05) is 71.7 Å². The highest BCUT2D eigenvalue weighted by Crippen LogP contribution is 2.43. The van der Waals surface area contributed by atoms with Crippen molar-refractivity contribution in [2.24, 2.45) is 0 Å². The van der Waals surface area contributed by atoms with E-state index in [2.05, 4.69) is 48.5 Å². The first-order chi connectivity index (χ1) is 25.5. The van der Waals surface area contributed by atoms with Crippen molar-refractivity contribution in [3.63, 3.8) is 0 Å². The average Bonchev–Trinajstić information content (AvgIpc) is 3.97. The summed E-state index contributed by atoms with van der Waals surface area (Å²) in [7, 11) is -3.98. The molecule has 9 heteroatoms. The van der Waals surface area contributed by atoms with E-state index < -0.39 is 21.3 Å². The third kappa shape index (κ3) is 5.32. The third-order valence-electron chi connectivity index (χ3n) is 10.3. The Morgan fingerprint density at radius 1 is 0.692 bits per heavy atom. The summed E-state index contributed by atoms with van der Waals surface area (Å²) in [4.78, 5) is 5.02. The minimum Gasteiger partial charge on any atom is -0.347 e. The number of ether oxygens (including phenoxy) is 2. The van der Waals surface area contributed by atoms with Crippen LogP contribution in [0.5, 0.6) is 0 Å². The van der Waals surface area contributed by atoms with Crippen LogP contribution in [-0.2, 0) is 25.0 Å². The van der Waals surface area contributed by atoms with Crippen molar-refractivity contribution in [2.75, 3.05) is 13.2 Å². The second-order valence-electron chi connectivity index (χ2n) is 13.3. The normalized spacial score (nSPS) is 16.0. The first kappa shape index (κ1) is 32.3. The SMILES string of the molecule is O=S(=O)(c1ccccc1)n1cc(-c2cnn(C(c3ccccc3)(c3ccccc3)c3ccccc3)c2)c2cc(C3=CCC4(CC3)OCCO4)cnc21. The molecule has 0 amide bonds. The van der Waals surface area contributed by atoms with Gasteiger partial charge in [-0.1, -0.05) is 115 Å². The van der Waals surface area contributed by atoms with Gasteiger partial charge in [0.1, 0.15) is 5.54 Å². The number of nitrogens with zero attached hydrogens (tertiary/aromatic N) is 4. The zero-order chi connectivity index (χ0) is 35.2. The van der Waals surface area contributed by atoms with Crippen molar-refractivity contribution in [3.05, 3.63) is 181 Å². The number of pyridine rings is 1. The van der Waals surface area contributed by atoms with E-state index in [1.165, 1.54) is 3.97 Å². The molecular formula is C43H36N4O4S. The maximum Gasteiger partial charge on any atom is 0.269 e. The summed E-state index contributed by atoms with van der Waals surface area (Å²) in [5, 5.41) is 5.80. The molecule has 1 aliphatic carbocycles. The lowest BCUT2D eigenvalue weighted by molar-refractivity contribution is -0.159. The molecular weight excluding hydrogens is 669 g/mol. The number of hydrogen-bond donors (Lipinski definition) is 0. The molecule has 0 atom stereocenters. The molecule has 1 fully saturated rings. The highest BCUT2D eigenvalue weighted by atomic mass is 32.2. The lowest BCUT2D eigenvalue weighted by Crippen LogP contribution is -2.38. The predicted octanol–water partition coefficient (Wildman–Crippen LogP) is 8.29. The van der Waals surface area contributed by atoms with Crippen LogP contribution in [0, 0.1) is 0 Å². The second-order valence-corrected chi connectivity index (χ2v) is 15.1. The number of fused-ring (bicyclic) bond motifs is 1. The summed E-state index contributed by atoms with van der Waals surface area (Å²) in [5.74, 6) is -0.545. The van der Waals surface area contributed by atoms with Gasteiger partial charge in [-0.05, 0) is 52.4 Å². The molecule has 0 bridgehead atoms. The maximum atomic E-state index is 14.2. The molecule has 258 valence electrons. The largest absolute Gasteiger partial charge is 0.347 e. The van der Waals surface area contributed by atoms with E-state index in [9.17, 15) is 8.42 Å². The molecule has 4 aromatic carbocycles. The van der Waals surface area contributed by atoms with E-state index in [4.69, 9.17) is 19.6 Å². The first-order valence-corrected chi connectivity index (χ1v) is 18.9. The van der Waals surface area contributed by atoms with E-state index in [-0.39, 0.29) is 4.90 Å². The fourth-order valence-corrected chi connectivity index (χ4v) is 9.13. The highest BCUT2D eigenvalue weighted by molar-refractivity contribution is 7.90. The molecule has 1 saturated heterocycles. The Balaban J connectivity index is 1.25. The highest BCUT2D eigenvalue weighted by Gasteiger charge is 2.40. The van der Waals surface area contributed by atoms with Gasteiger partial charge in [0.25, 0.3) is 10.0 Å². The van der Waals surface area contributed by atoms with Gasteiger partial charge < -0.3 is 9.47 Å². The Morgan fingerprint density at radius 2 is 1.27 bits per heavy atom. The van der Waals surface area contributed by atoms with Crippen LogP contribution in [0.1, 0.15) is 41.5 Å². The molecule has 9 rings (SSSR count). The van der Waals surface area contributed by atoms with Gasteiger partial charge in [0, 0.05) is 47.9 Å². The van der Waals surface area contributed by atoms with Crippen molar-refractivity contribution in [2.45, 2.75) is 35.5 Å². The molecule has 0 N–H and O–H groups in total. The molecule has 4 heterocycles. The van der Waals surface area contributed by atoms with E-state index in [0.717, 1.165) is 51.6 Å². The van der Waals surface area contributed by atoms with Crippen LogP contribution in [-0.4, -0.2) is 46.2 Å². The number of benzene rings is 4. The van der Waals surface area contributed by atoms with Crippen LogP contribution in [0.25, 0.3) is 27.7 Å². The van der Waals surface area contributed by atoms with Gasteiger partial charge >= 0.3 is 0 Å². The van der Waals surface area contributed by atoms with Crippen LogP contribution in [0.4, 0.5) is 0 Å². The smallest absolute Gasteiger partial charge is 0.269 e. The number of allylic oxidation sites excluding steroid dienone is 1. The summed E-state index contributed by atoms with van der Waals surface area (Å²) in [6, 6.07) is 41.6. The minimum atomic E-state index is -3.98. The molecule has 52 heavy (non-hydrogen) atoms. The second kappa shape index (κ2) is 12.9. The van der Waals surface area contributed by atoms with Gasteiger partial charge in [0.15, 0.2) is 11.4 Å². The molecule has 0 radical (unpaired) electrons. The molecule has 8 nitrogen and oxygen atoms in total. The van der Waals surface area contributed by atoms with Crippen LogP contribution >= 0.6 is 0 Å². The molecule has 3 aromatic heterocycles. The minimum absolute atomic E-state index is 0.188. The van der Waals surface area contributed by atoms with Crippen molar-refractivity contribution in [1.82, 2.24) is 18.7 Å². The number of aromatic nitrogens is 4. The van der Waals surface area contributed by atoms with Crippen molar-refractivity contribution in [1.29, 1.82) is 0 Å². The summed E-state index contributed by atoms with van der Waals surface area (Å²) >= 11 is 0. The molecule has 0 unspecified atom stereocenters. The van der Waals surface area contributed by atoms with Gasteiger partial charge in [-0.25, -0.2) is 17.4 Å². The Morgan fingerprint density at radius 3 is 1.83 bits per heavy atom. The van der Waals surface area contributed by atoms with Gasteiger partial charge in [-0.15, -0.1) is 0 Å². The van der Waals surface area contributed by atoms with Gasteiger partial charge in [0.2, 0.25) is 0 Å². The molecule has 1 spiro atoms. The summed E-state index contributed by atoms with van der Waals surface area (Å²) < 4.78 is 43.6. The predicted molar refractivity (Wildman–Crippen MR) is 201 cm³/mol. The lowest BCUT2D eigenvalue weighted by atomic mass is 9.77. The van der Waals surface area contributed by atoms with E-state index in [1.54, 1.807) is 42.7 Å². The zero-order valence-electron chi connectivity index (χ0n) is 28.4. The molecule has 7 aromatic rings. The van der Waals surface area contributed by atoms with E-state index in [0.29, 0.717) is 30.8 Å². The van der Waals surface area contributed by atoms with Crippen LogP contribution in [0.15, 0.2) is 163 Å². The van der Waals surface area contributed by atoms with Gasteiger partial charge in [0.05, 0.1) is 24.3 Å². The van der Waals surface area contributed by atoms with Crippen molar-refractivity contribution in [3.8, 4) is 11.1 Å². The summed E-state index contributed by atoms with van der Waals surface area (Å²) in [6.45, 7) is 1.22. The fraction of sp³-hybridized carbons (Fsp3) is 0.163. The topological polar surface area (TPSA) is 88.2 Å². The molecule has 2 aliphatic rings. The van der Waals surface area contributed by atoms with Crippen molar-refractivity contribution >= 4 is 26.6 Å². The average molecular weight is 705 g/mol. The Labute approximate surface area is 302 Å². The first-order valence-electron chi connectivity index (χ1n) is 17.5. The number of hydrogen-bond acceptors (Lipinski definition) is 6. The quantitative estimate of drug-likeness (QED) is 0.148. The molecule has 1 aliphatic heterocycles. The lowest BCUT2D eigenvalue weighted by Gasteiger charge is -2.36. The fourth-order valence-electron chi connectivity index (χ4n) is 7.78. The van der Waals surface area contributed by atoms with Crippen LogP contribution in [0.2, 0.25) is 0 Å². The Bertz CT molecular complexity index is 2410. The van der Waals surface area contributed by atoms with Crippen molar-refractivity contribution < 1.29 is 17.9 Å². The maximum absolute atomic E-state index is 14.2. The Kier molecular flexibility index (Phi) is 7.99.